The summed E-state index contributed by atoms with van der Waals surface area (Å²) in [4.78, 5) is 0. The van der Waals surface area contributed by atoms with Crippen LogP contribution in [-0.4, -0.2) is 11.2 Å². The molecule has 3 nitrogen and oxygen atoms in total. The number of aromatic nitrogens is 1. The topological polar surface area (TPSA) is 38.1 Å². The molecule has 1 aliphatic rings. The van der Waals surface area contributed by atoms with E-state index in [0.717, 1.165) is 23.9 Å². The Kier molecular flexibility index (Phi) is 4.10. The fourth-order valence-electron chi connectivity index (χ4n) is 3.14. The summed E-state index contributed by atoms with van der Waals surface area (Å²) in [6.07, 6.45) is 5.35. The molecule has 1 heterocycles. The Morgan fingerprint density at radius 1 is 1.33 bits per heavy atom. The molecular formula is C15H26N2O. The fraction of sp³-hybridized carbons (Fsp3) is 0.800. The molecule has 0 spiro atoms. The van der Waals surface area contributed by atoms with Gasteiger partial charge in [0.15, 0.2) is 5.76 Å². The number of rotatable bonds is 3. The van der Waals surface area contributed by atoms with Gasteiger partial charge in [-0.05, 0) is 31.1 Å². The van der Waals surface area contributed by atoms with Crippen LogP contribution in [0, 0.1) is 18.3 Å². The quantitative estimate of drug-likeness (QED) is 0.889. The van der Waals surface area contributed by atoms with Crippen LogP contribution in [0.4, 0.5) is 0 Å². The van der Waals surface area contributed by atoms with E-state index < -0.39 is 0 Å². The minimum atomic E-state index is 0.384. The molecule has 0 amide bonds. The zero-order chi connectivity index (χ0) is 13.2. The van der Waals surface area contributed by atoms with Crippen molar-refractivity contribution in [1.82, 2.24) is 10.5 Å². The van der Waals surface area contributed by atoms with Crippen LogP contribution < -0.4 is 5.32 Å². The van der Waals surface area contributed by atoms with E-state index in [1.54, 1.807) is 0 Å². The van der Waals surface area contributed by atoms with Gasteiger partial charge in [-0.1, -0.05) is 38.8 Å². The maximum atomic E-state index is 5.26. The molecule has 1 aromatic heterocycles. The second-order valence-electron chi connectivity index (χ2n) is 6.68. The van der Waals surface area contributed by atoms with Crippen molar-refractivity contribution in [3.05, 3.63) is 17.5 Å². The van der Waals surface area contributed by atoms with E-state index in [-0.39, 0.29) is 0 Å². The van der Waals surface area contributed by atoms with E-state index in [2.05, 4.69) is 31.2 Å². The van der Waals surface area contributed by atoms with E-state index in [0.29, 0.717) is 11.5 Å². The lowest BCUT2D eigenvalue weighted by atomic mass is 9.69. The van der Waals surface area contributed by atoms with Crippen LogP contribution in [0.5, 0.6) is 0 Å². The Morgan fingerprint density at radius 3 is 2.67 bits per heavy atom. The first-order valence-corrected chi connectivity index (χ1v) is 7.12. The molecule has 0 radical (unpaired) electrons. The summed E-state index contributed by atoms with van der Waals surface area (Å²) in [5, 5.41) is 7.61. The van der Waals surface area contributed by atoms with E-state index in [4.69, 9.17) is 4.52 Å². The summed E-state index contributed by atoms with van der Waals surface area (Å²) in [5.41, 5.74) is 1.35. The van der Waals surface area contributed by atoms with E-state index in [9.17, 15) is 0 Å². The monoisotopic (exact) mass is 250 g/mol. The summed E-state index contributed by atoms with van der Waals surface area (Å²) < 4.78 is 5.26. The second kappa shape index (κ2) is 5.43. The lowest BCUT2D eigenvalue weighted by Gasteiger charge is -2.40. The van der Waals surface area contributed by atoms with E-state index in [1.165, 1.54) is 25.7 Å². The summed E-state index contributed by atoms with van der Waals surface area (Å²) in [6.45, 7) is 9.84. The molecule has 1 aromatic rings. The Bertz CT molecular complexity index is 378. The number of nitrogens with zero attached hydrogens (tertiary/aromatic N) is 1. The largest absolute Gasteiger partial charge is 0.360 e. The molecule has 102 valence electrons. The molecule has 3 heteroatoms. The third kappa shape index (κ3) is 3.35. The number of aryl methyl sites for hydroxylation is 1. The Hall–Kier alpha value is -0.830. The standard InChI is InChI=1S/C15H26N2O/c1-11-9-12(18-17-11)10-16-14-8-6-5-7-13(14)15(2,3)4/h9,13-14,16H,5-8,10H2,1-4H3. The van der Waals surface area contributed by atoms with Gasteiger partial charge in [0.1, 0.15) is 0 Å². The molecule has 0 saturated heterocycles. The molecular weight excluding hydrogens is 224 g/mol. The maximum Gasteiger partial charge on any atom is 0.150 e. The van der Waals surface area contributed by atoms with Gasteiger partial charge in [-0.25, -0.2) is 0 Å². The van der Waals surface area contributed by atoms with Crippen molar-refractivity contribution < 1.29 is 4.52 Å². The molecule has 1 saturated carbocycles. The van der Waals surface area contributed by atoms with Crippen molar-refractivity contribution in [3.63, 3.8) is 0 Å². The average Bonchev–Trinajstić information content (AvgIpc) is 2.72. The third-order valence-electron chi connectivity index (χ3n) is 4.09. The van der Waals surface area contributed by atoms with Crippen LogP contribution in [0.1, 0.15) is 57.9 Å². The molecule has 0 aliphatic heterocycles. The Balaban J connectivity index is 1.93. The lowest BCUT2D eigenvalue weighted by Crippen LogP contribution is -2.43. The van der Waals surface area contributed by atoms with Crippen molar-refractivity contribution in [2.75, 3.05) is 0 Å². The van der Waals surface area contributed by atoms with Crippen LogP contribution in [-0.2, 0) is 6.54 Å². The van der Waals surface area contributed by atoms with E-state index in [1.807, 2.05) is 13.0 Å². The highest BCUT2D eigenvalue weighted by Gasteiger charge is 2.33. The first-order chi connectivity index (χ1) is 8.47. The molecule has 1 aliphatic carbocycles. The molecule has 0 bridgehead atoms. The predicted octanol–water partition coefficient (Wildman–Crippen LogP) is 3.68. The zero-order valence-electron chi connectivity index (χ0n) is 12.1. The van der Waals surface area contributed by atoms with Gasteiger partial charge in [-0.3, -0.25) is 0 Å². The molecule has 1 N–H and O–H groups in total. The fourth-order valence-corrected chi connectivity index (χ4v) is 3.14. The highest BCUT2D eigenvalue weighted by molar-refractivity contribution is 5.03. The molecule has 18 heavy (non-hydrogen) atoms. The Morgan fingerprint density at radius 2 is 2.06 bits per heavy atom. The van der Waals surface area contributed by atoms with Crippen LogP contribution in [0.3, 0.4) is 0 Å². The van der Waals surface area contributed by atoms with Gasteiger partial charge in [0.25, 0.3) is 0 Å². The number of nitrogens with one attached hydrogen (secondary N) is 1. The van der Waals surface area contributed by atoms with Gasteiger partial charge in [0, 0.05) is 12.1 Å². The average molecular weight is 250 g/mol. The van der Waals surface area contributed by atoms with Gasteiger partial charge in [-0.15, -0.1) is 0 Å². The third-order valence-corrected chi connectivity index (χ3v) is 4.09. The van der Waals surface area contributed by atoms with Crippen LogP contribution in [0.25, 0.3) is 0 Å². The van der Waals surface area contributed by atoms with Crippen molar-refractivity contribution in [2.24, 2.45) is 11.3 Å². The van der Waals surface area contributed by atoms with Crippen molar-refractivity contribution in [3.8, 4) is 0 Å². The van der Waals surface area contributed by atoms with Gasteiger partial charge >= 0.3 is 0 Å². The zero-order valence-corrected chi connectivity index (χ0v) is 12.1. The minimum Gasteiger partial charge on any atom is -0.360 e. The summed E-state index contributed by atoms with van der Waals surface area (Å²) in [7, 11) is 0. The van der Waals surface area contributed by atoms with Crippen LogP contribution in [0.15, 0.2) is 10.6 Å². The van der Waals surface area contributed by atoms with Crippen molar-refractivity contribution in [2.45, 2.75) is 66.0 Å². The predicted molar refractivity (Wildman–Crippen MR) is 73.3 cm³/mol. The normalized spacial score (nSPS) is 25.3. The SMILES string of the molecule is Cc1cc(CNC2CCCCC2C(C)(C)C)on1. The van der Waals surface area contributed by atoms with Gasteiger partial charge < -0.3 is 9.84 Å². The summed E-state index contributed by atoms with van der Waals surface area (Å²) in [6, 6.07) is 2.63. The first-order valence-electron chi connectivity index (χ1n) is 7.12. The van der Waals surface area contributed by atoms with Gasteiger partial charge in [0.05, 0.1) is 12.2 Å². The second-order valence-corrected chi connectivity index (χ2v) is 6.68. The first kappa shape index (κ1) is 13.6. The van der Waals surface area contributed by atoms with Crippen LogP contribution in [0.2, 0.25) is 0 Å². The van der Waals surface area contributed by atoms with E-state index >= 15 is 0 Å². The van der Waals surface area contributed by atoms with Crippen LogP contribution >= 0.6 is 0 Å². The summed E-state index contributed by atoms with van der Waals surface area (Å²) in [5.74, 6) is 1.71. The highest BCUT2D eigenvalue weighted by Crippen LogP contribution is 2.38. The molecule has 2 unspecified atom stereocenters. The molecule has 2 rings (SSSR count). The highest BCUT2D eigenvalue weighted by atomic mass is 16.5. The maximum absolute atomic E-state index is 5.26. The molecule has 2 atom stereocenters. The lowest BCUT2D eigenvalue weighted by molar-refractivity contribution is 0.128. The van der Waals surface area contributed by atoms with Gasteiger partial charge in [0.2, 0.25) is 0 Å². The smallest absolute Gasteiger partial charge is 0.150 e. The Labute approximate surface area is 110 Å². The molecule has 0 aromatic carbocycles. The van der Waals surface area contributed by atoms with Gasteiger partial charge in [-0.2, -0.15) is 0 Å². The minimum absolute atomic E-state index is 0.384. The van der Waals surface area contributed by atoms with Crippen molar-refractivity contribution in [1.29, 1.82) is 0 Å². The summed E-state index contributed by atoms with van der Waals surface area (Å²) >= 11 is 0. The number of hydrogen-bond acceptors (Lipinski definition) is 3. The van der Waals surface area contributed by atoms with Crippen molar-refractivity contribution >= 4 is 0 Å². The molecule has 1 fully saturated rings. The number of hydrogen-bond donors (Lipinski definition) is 1.